The first-order valence-electron chi connectivity index (χ1n) is 8.73. The van der Waals surface area contributed by atoms with Gasteiger partial charge in [0.2, 0.25) is 0 Å². The van der Waals surface area contributed by atoms with Crippen molar-refractivity contribution in [3.8, 4) is 0 Å². The zero-order valence-electron chi connectivity index (χ0n) is 14.5. The molecule has 0 aliphatic carbocycles. The van der Waals surface area contributed by atoms with Crippen LogP contribution in [0.5, 0.6) is 0 Å². The fourth-order valence-electron chi connectivity index (χ4n) is 3.66. The monoisotopic (exact) mass is 361 g/mol. The van der Waals surface area contributed by atoms with Gasteiger partial charge in [0.05, 0.1) is 18.6 Å². The second-order valence-electron chi connectivity index (χ2n) is 6.66. The molecule has 1 aliphatic rings. The van der Waals surface area contributed by atoms with E-state index in [1.165, 1.54) is 0 Å². The Kier molecular flexibility index (Phi) is 5.76. The number of carbonyl (C=O) groups is 1. The molecule has 1 atom stereocenters. The zero-order valence-corrected chi connectivity index (χ0v) is 15.3. The van der Waals surface area contributed by atoms with E-state index < -0.39 is 5.41 Å². The molecule has 25 heavy (non-hydrogen) atoms. The minimum absolute atomic E-state index is 0.112. The summed E-state index contributed by atoms with van der Waals surface area (Å²) in [7, 11) is 0. The van der Waals surface area contributed by atoms with Crippen LogP contribution in [0.4, 0.5) is 0 Å². The van der Waals surface area contributed by atoms with Gasteiger partial charge in [-0.25, -0.2) is 4.98 Å². The van der Waals surface area contributed by atoms with Crippen molar-refractivity contribution in [1.29, 1.82) is 0 Å². The number of esters is 1. The molecule has 2 heterocycles. The number of nitrogens with one attached hydrogen (secondary N) is 1. The summed E-state index contributed by atoms with van der Waals surface area (Å²) in [6.07, 6.45) is 6.00. The van der Waals surface area contributed by atoms with Gasteiger partial charge in [0.15, 0.2) is 0 Å². The van der Waals surface area contributed by atoms with Crippen LogP contribution in [0.25, 0.3) is 0 Å². The molecule has 134 valence electrons. The molecule has 1 saturated heterocycles. The highest BCUT2D eigenvalue weighted by Crippen LogP contribution is 2.36. The molecule has 0 unspecified atom stereocenters. The lowest BCUT2D eigenvalue weighted by Crippen LogP contribution is -2.49. The van der Waals surface area contributed by atoms with E-state index in [9.17, 15) is 4.79 Å². The van der Waals surface area contributed by atoms with Gasteiger partial charge in [-0.15, -0.1) is 0 Å². The number of aromatic nitrogens is 2. The second kappa shape index (κ2) is 8.02. The zero-order chi connectivity index (χ0) is 17.7. The highest BCUT2D eigenvalue weighted by Gasteiger charge is 2.43. The number of benzene rings is 1. The molecule has 0 saturated carbocycles. The number of nitrogens with zero attached hydrogens (tertiary/aromatic N) is 2. The largest absolute Gasteiger partial charge is 0.466 e. The Morgan fingerprint density at radius 1 is 1.48 bits per heavy atom. The average Bonchev–Trinajstić information content (AvgIpc) is 3.08. The van der Waals surface area contributed by atoms with Gasteiger partial charge in [0, 0.05) is 24.0 Å². The van der Waals surface area contributed by atoms with Gasteiger partial charge in [0.1, 0.15) is 5.82 Å². The van der Waals surface area contributed by atoms with Crippen molar-refractivity contribution in [2.45, 2.75) is 32.7 Å². The van der Waals surface area contributed by atoms with Crippen molar-refractivity contribution in [2.24, 2.45) is 5.41 Å². The molecule has 2 aromatic rings. The van der Waals surface area contributed by atoms with Crippen molar-refractivity contribution in [2.75, 3.05) is 19.7 Å². The van der Waals surface area contributed by atoms with Crippen LogP contribution in [0.15, 0.2) is 36.7 Å². The number of halogens is 1. The minimum Gasteiger partial charge on any atom is -0.466 e. The van der Waals surface area contributed by atoms with Crippen LogP contribution in [0.3, 0.4) is 0 Å². The van der Waals surface area contributed by atoms with Gasteiger partial charge in [0.25, 0.3) is 0 Å². The SMILES string of the molecule is CCOC(=O)[C@]1(Cc2cccc(Cl)c2)CCCN(Cc2ncc[nH]2)C1. The van der Waals surface area contributed by atoms with Crippen LogP contribution in [-0.4, -0.2) is 40.5 Å². The van der Waals surface area contributed by atoms with Crippen LogP contribution < -0.4 is 0 Å². The molecular formula is C19H24ClN3O2. The predicted octanol–water partition coefficient (Wildman–Crippen LogP) is 3.45. The number of rotatable bonds is 6. The summed E-state index contributed by atoms with van der Waals surface area (Å²) in [4.78, 5) is 22.6. The van der Waals surface area contributed by atoms with Gasteiger partial charge in [-0.3, -0.25) is 9.69 Å². The minimum atomic E-state index is -0.536. The van der Waals surface area contributed by atoms with E-state index in [0.29, 0.717) is 31.1 Å². The van der Waals surface area contributed by atoms with Crippen LogP contribution in [0, 0.1) is 5.41 Å². The first-order chi connectivity index (χ1) is 12.1. The number of piperidine rings is 1. The summed E-state index contributed by atoms with van der Waals surface area (Å²) in [5.74, 6) is 0.807. The number of H-pyrrole nitrogens is 1. The Morgan fingerprint density at radius 3 is 3.08 bits per heavy atom. The van der Waals surface area contributed by atoms with Gasteiger partial charge >= 0.3 is 5.97 Å². The van der Waals surface area contributed by atoms with Crippen molar-refractivity contribution in [3.05, 3.63) is 53.1 Å². The third-order valence-electron chi connectivity index (χ3n) is 4.72. The summed E-state index contributed by atoms with van der Waals surface area (Å²) >= 11 is 6.13. The number of carbonyl (C=O) groups excluding carboxylic acids is 1. The quantitative estimate of drug-likeness (QED) is 0.800. The molecule has 1 N–H and O–H groups in total. The van der Waals surface area contributed by atoms with E-state index >= 15 is 0 Å². The molecule has 0 amide bonds. The standard InChI is InChI=1S/C19H24ClN3O2/c1-2-25-18(24)19(12-15-5-3-6-16(20)11-15)7-4-10-23(14-19)13-17-21-8-9-22-17/h3,5-6,8-9,11H,2,4,7,10,12-14H2,1H3,(H,21,22)/t19-/m0/s1. The number of likely N-dealkylation sites (tertiary alicyclic amines) is 1. The molecule has 1 aromatic carbocycles. The lowest BCUT2D eigenvalue weighted by molar-refractivity contribution is -0.159. The normalized spacial score (nSPS) is 21.2. The molecule has 6 heteroatoms. The van der Waals surface area contributed by atoms with Gasteiger partial charge in [-0.1, -0.05) is 23.7 Å². The summed E-state index contributed by atoms with van der Waals surface area (Å²) in [5, 5.41) is 0.694. The summed E-state index contributed by atoms with van der Waals surface area (Å²) in [6, 6.07) is 7.75. The van der Waals surface area contributed by atoms with Crippen LogP contribution in [0.1, 0.15) is 31.2 Å². The van der Waals surface area contributed by atoms with Crippen LogP contribution >= 0.6 is 11.6 Å². The van der Waals surface area contributed by atoms with Crippen molar-refractivity contribution in [1.82, 2.24) is 14.9 Å². The van der Waals surface area contributed by atoms with Gasteiger partial charge in [-0.05, 0) is 50.4 Å². The molecule has 1 aromatic heterocycles. The van der Waals surface area contributed by atoms with Crippen molar-refractivity contribution < 1.29 is 9.53 Å². The molecule has 0 bridgehead atoms. The molecule has 0 radical (unpaired) electrons. The Hall–Kier alpha value is -1.85. The number of ether oxygens (including phenoxy) is 1. The number of hydrogen-bond donors (Lipinski definition) is 1. The average molecular weight is 362 g/mol. The van der Waals surface area contributed by atoms with E-state index in [1.807, 2.05) is 37.4 Å². The fraction of sp³-hybridized carbons (Fsp3) is 0.474. The highest BCUT2D eigenvalue weighted by atomic mass is 35.5. The third kappa shape index (κ3) is 4.41. The molecular weight excluding hydrogens is 338 g/mol. The smallest absolute Gasteiger partial charge is 0.313 e. The maximum atomic E-state index is 12.9. The summed E-state index contributed by atoms with van der Waals surface area (Å²) in [5.41, 5.74) is 0.534. The third-order valence-corrected chi connectivity index (χ3v) is 4.96. The van der Waals surface area contributed by atoms with Gasteiger partial charge < -0.3 is 9.72 Å². The highest BCUT2D eigenvalue weighted by molar-refractivity contribution is 6.30. The van der Waals surface area contributed by atoms with E-state index in [2.05, 4.69) is 14.9 Å². The first-order valence-corrected chi connectivity index (χ1v) is 9.11. The fourth-order valence-corrected chi connectivity index (χ4v) is 3.88. The van der Waals surface area contributed by atoms with E-state index in [4.69, 9.17) is 16.3 Å². The number of hydrogen-bond acceptors (Lipinski definition) is 4. The van der Waals surface area contributed by atoms with Crippen molar-refractivity contribution in [3.63, 3.8) is 0 Å². The summed E-state index contributed by atoms with van der Waals surface area (Å²) < 4.78 is 5.45. The Balaban J connectivity index is 1.81. The summed E-state index contributed by atoms with van der Waals surface area (Å²) in [6.45, 7) is 4.59. The maximum absolute atomic E-state index is 12.9. The Bertz CT molecular complexity index is 704. The molecule has 1 aliphatic heterocycles. The van der Waals surface area contributed by atoms with E-state index in [1.54, 1.807) is 6.20 Å². The molecule has 1 fully saturated rings. The first kappa shape index (κ1) is 18.0. The lowest BCUT2D eigenvalue weighted by Gasteiger charge is -2.40. The predicted molar refractivity (Wildman–Crippen MR) is 97.3 cm³/mol. The Morgan fingerprint density at radius 2 is 2.36 bits per heavy atom. The molecule has 5 nitrogen and oxygen atoms in total. The van der Waals surface area contributed by atoms with Crippen molar-refractivity contribution >= 4 is 17.6 Å². The van der Waals surface area contributed by atoms with E-state index in [-0.39, 0.29) is 5.97 Å². The topological polar surface area (TPSA) is 58.2 Å². The number of aromatic amines is 1. The molecule has 3 rings (SSSR count). The number of imidazole rings is 1. The van der Waals surface area contributed by atoms with Gasteiger partial charge in [-0.2, -0.15) is 0 Å². The second-order valence-corrected chi connectivity index (χ2v) is 7.09. The maximum Gasteiger partial charge on any atom is 0.313 e. The van der Waals surface area contributed by atoms with Crippen LogP contribution in [-0.2, 0) is 22.5 Å². The van der Waals surface area contributed by atoms with E-state index in [0.717, 1.165) is 30.8 Å². The molecule has 0 spiro atoms. The lowest BCUT2D eigenvalue weighted by atomic mass is 9.75. The van der Waals surface area contributed by atoms with Crippen LogP contribution in [0.2, 0.25) is 5.02 Å². The Labute approximate surface area is 153 Å².